The van der Waals surface area contributed by atoms with Crippen LogP contribution in [0.15, 0.2) is 42.5 Å². The molecule has 0 bridgehead atoms. The Morgan fingerprint density at radius 3 is 2.39 bits per heavy atom. The van der Waals surface area contributed by atoms with Crippen molar-refractivity contribution in [2.45, 2.75) is 12.5 Å². The van der Waals surface area contributed by atoms with Crippen molar-refractivity contribution in [2.24, 2.45) is 5.73 Å². The molecule has 1 unspecified atom stereocenters. The van der Waals surface area contributed by atoms with Gasteiger partial charge in [0.05, 0.1) is 10.0 Å². The van der Waals surface area contributed by atoms with Crippen LogP contribution in [-0.2, 0) is 6.42 Å². The molecule has 0 saturated carbocycles. The van der Waals surface area contributed by atoms with Crippen molar-refractivity contribution in [2.75, 3.05) is 0 Å². The zero-order chi connectivity index (χ0) is 13.1. The number of halogens is 3. The van der Waals surface area contributed by atoms with E-state index in [0.29, 0.717) is 21.5 Å². The SMILES string of the molecule is NC(Cc1cccc(Cl)c1)c1ccc(Cl)c(Cl)c1. The number of benzene rings is 2. The molecule has 1 atom stereocenters. The van der Waals surface area contributed by atoms with Gasteiger partial charge in [0.25, 0.3) is 0 Å². The lowest BCUT2D eigenvalue weighted by atomic mass is 10.00. The van der Waals surface area contributed by atoms with E-state index in [2.05, 4.69) is 0 Å². The summed E-state index contributed by atoms with van der Waals surface area (Å²) in [6.07, 6.45) is 0.707. The summed E-state index contributed by atoms with van der Waals surface area (Å²) in [7, 11) is 0. The lowest BCUT2D eigenvalue weighted by Gasteiger charge is -2.13. The monoisotopic (exact) mass is 299 g/mol. The molecule has 0 aliphatic heterocycles. The van der Waals surface area contributed by atoms with E-state index in [9.17, 15) is 0 Å². The molecule has 0 aliphatic rings. The first-order valence-electron chi connectivity index (χ1n) is 5.51. The Morgan fingerprint density at radius 2 is 1.72 bits per heavy atom. The first kappa shape index (κ1) is 13.7. The van der Waals surface area contributed by atoms with Crippen LogP contribution in [0, 0.1) is 0 Å². The summed E-state index contributed by atoms with van der Waals surface area (Å²) >= 11 is 17.8. The molecule has 0 amide bonds. The molecule has 0 saturated heterocycles. The van der Waals surface area contributed by atoms with Gasteiger partial charge >= 0.3 is 0 Å². The molecule has 94 valence electrons. The minimum absolute atomic E-state index is 0.127. The molecule has 2 N–H and O–H groups in total. The maximum absolute atomic E-state index is 6.15. The highest BCUT2D eigenvalue weighted by Gasteiger charge is 2.09. The van der Waals surface area contributed by atoms with Gasteiger partial charge in [0.2, 0.25) is 0 Å². The molecule has 18 heavy (non-hydrogen) atoms. The third-order valence-electron chi connectivity index (χ3n) is 2.72. The average Bonchev–Trinajstić information content (AvgIpc) is 2.32. The van der Waals surface area contributed by atoms with Crippen LogP contribution in [0.5, 0.6) is 0 Å². The predicted octanol–water partition coefficient (Wildman–Crippen LogP) is 4.89. The van der Waals surface area contributed by atoms with E-state index in [4.69, 9.17) is 40.5 Å². The van der Waals surface area contributed by atoms with Crippen LogP contribution < -0.4 is 5.73 Å². The zero-order valence-corrected chi connectivity index (χ0v) is 11.8. The van der Waals surface area contributed by atoms with Crippen LogP contribution in [0.2, 0.25) is 15.1 Å². The fourth-order valence-electron chi connectivity index (χ4n) is 1.78. The molecular weight excluding hydrogens is 289 g/mol. The molecule has 1 nitrogen and oxygen atoms in total. The Labute approximate surface area is 121 Å². The normalized spacial score (nSPS) is 12.4. The summed E-state index contributed by atoms with van der Waals surface area (Å²) in [6, 6.07) is 13.0. The molecule has 0 aliphatic carbocycles. The van der Waals surface area contributed by atoms with Gasteiger partial charge in [0.1, 0.15) is 0 Å². The van der Waals surface area contributed by atoms with Gasteiger partial charge in [-0.3, -0.25) is 0 Å². The second-order valence-electron chi connectivity index (χ2n) is 4.11. The topological polar surface area (TPSA) is 26.0 Å². The number of rotatable bonds is 3. The van der Waals surface area contributed by atoms with E-state index < -0.39 is 0 Å². The molecule has 0 aromatic heterocycles. The average molecular weight is 301 g/mol. The Bertz CT molecular complexity index is 554. The first-order valence-corrected chi connectivity index (χ1v) is 6.64. The summed E-state index contributed by atoms with van der Waals surface area (Å²) in [4.78, 5) is 0. The van der Waals surface area contributed by atoms with Gasteiger partial charge in [0.15, 0.2) is 0 Å². The molecular formula is C14H12Cl3N. The van der Waals surface area contributed by atoms with E-state index in [1.807, 2.05) is 30.3 Å². The second kappa shape index (κ2) is 5.94. The van der Waals surface area contributed by atoms with E-state index in [1.165, 1.54) is 0 Å². The number of nitrogens with two attached hydrogens (primary N) is 1. The fourth-order valence-corrected chi connectivity index (χ4v) is 2.30. The molecule has 2 aromatic rings. The zero-order valence-electron chi connectivity index (χ0n) is 9.54. The fraction of sp³-hybridized carbons (Fsp3) is 0.143. The lowest BCUT2D eigenvalue weighted by molar-refractivity contribution is 0.722. The summed E-state index contributed by atoms with van der Waals surface area (Å²) in [6.45, 7) is 0. The summed E-state index contributed by atoms with van der Waals surface area (Å²) < 4.78 is 0. The van der Waals surface area contributed by atoms with Crippen LogP contribution in [0.25, 0.3) is 0 Å². The van der Waals surface area contributed by atoms with Crippen molar-refractivity contribution in [1.82, 2.24) is 0 Å². The summed E-state index contributed by atoms with van der Waals surface area (Å²) in [5.74, 6) is 0. The van der Waals surface area contributed by atoms with Crippen LogP contribution in [0.3, 0.4) is 0 Å². The van der Waals surface area contributed by atoms with Crippen molar-refractivity contribution in [3.63, 3.8) is 0 Å². The Morgan fingerprint density at radius 1 is 0.944 bits per heavy atom. The van der Waals surface area contributed by atoms with Gasteiger partial charge in [0, 0.05) is 11.1 Å². The molecule has 2 aromatic carbocycles. The Hall–Kier alpha value is -0.730. The van der Waals surface area contributed by atoms with Gasteiger partial charge < -0.3 is 5.73 Å². The minimum atomic E-state index is -0.127. The van der Waals surface area contributed by atoms with E-state index >= 15 is 0 Å². The van der Waals surface area contributed by atoms with E-state index in [0.717, 1.165) is 11.1 Å². The van der Waals surface area contributed by atoms with Gasteiger partial charge in [-0.05, 0) is 41.8 Å². The van der Waals surface area contributed by atoms with Gasteiger partial charge in [-0.25, -0.2) is 0 Å². The number of hydrogen-bond donors (Lipinski definition) is 1. The van der Waals surface area contributed by atoms with Crippen LogP contribution in [0.4, 0.5) is 0 Å². The van der Waals surface area contributed by atoms with Crippen molar-refractivity contribution >= 4 is 34.8 Å². The highest BCUT2D eigenvalue weighted by Crippen LogP contribution is 2.26. The summed E-state index contributed by atoms with van der Waals surface area (Å²) in [5.41, 5.74) is 8.21. The molecule has 0 spiro atoms. The predicted molar refractivity (Wildman–Crippen MR) is 78.5 cm³/mol. The molecule has 2 rings (SSSR count). The van der Waals surface area contributed by atoms with Crippen LogP contribution in [0.1, 0.15) is 17.2 Å². The van der Waals surface area contributed by atoms with Gasteiger partial charge in [-0.2, -0.15) is 0 Å². The molecule has 0 heterocycles. The smallest absolute Gasteiger partial charge is 0.0595 e. The standard InChI is InChI=1S/C14H12Cl3N/c15-11-3-1-2-9(6-11)7-14(18)10-4-5-12(16)13(17)8-10/h1-6,8,14H,7,18H2. The third kappa shape index (κ3) is 3.39. The maximum atomic E-state index is 6.15. The van der Waals surface area contributed by atoms with Gasteiger partial charge in [-0.1, -0.05) is 53.0 Å². The second-order valence-corrected chi connectivity index (χ2v) is 5.36. The van der Waals surface area contributed by atoms with Crippen LogP contribution >= 0.6 is 34.8 Å². The minimum Gasteiger partial charge on any atom is -0.324 e. The van der Waals surface area contributed by atoms with Crippen molar-refractivity contribution in [3.05, 3.63) is 68.7 Å². The highest BCUT2D eigenvalue weighted by atomic mass is 35.5. The Kier molecular flexibility index (Phi) is 4.52. The largest absolute Gasteiger partial charge is 0.324 e. The third-order valence-corrected chi connectivity index (χ3v) is 3.69. The highest BCUT2D eigenvalue weighted by molar-refractivity contribution is 6.42. The lowest BCUT2D eigenvalue weighted by Crippen LogP contribution is -2.13. The summed E-state index contributed by atoms with van der Waals surface area (Å²) in [5, 5.41) is 1.78. The quantitative estimate of drug-likeness (QED) is 0.858. The van der Waals surface area contributed by atoms with Crippen molar-refractivity contribution in [1.29, 1.82) is 0 Å². The van der Waals surface area contributed by atoms with Gasteiger partial charge in [-0.15, -0.1) is 0 Å². The molecule has 0 fully saturated rings. The molecule has 0 radical (unpaired) electrons. The van der Waals surface area contributed by atoms with E-state index in [1.54, 1.807) is 12.1 Å². The maximum Gasteiger partial charge on any atom is 0.0595 e. The van der Waals surface area contributed by atoms with E-state index in [-0.39, 0.29) is 6.04 Å². The molecule has 4 heteroatoms. The first-order chi connectivity index (χ1) is 8.56. The van der Waals surface area contributed by atoms with Crippen LogP contribution in [-0.4, -0.2) is 0 Å². The van der Waals surface area contributed by atoms with Crippen molar-refractivity contribution in [3.8, 4) is 0 Å². The Balaban J connectivity index is 2.16. The number of hydrogen-bond acceptors (Lipinski definition) is 1. The van der Waals surface area contributed by atoms with Crippen molar-refractivity contribution < 1.29 is 0 Å².